The summed E-state index contributed by atoms with van der Waals surface area (Å²) in [7, 11) is 3.36. The van der Waals surface area contributed by atoms with Gasteiger partial charge in [-0.15, -0.1) is 0 Å². The molecule has 1 atom stereocenters. The Kier molecular flexibility index (Phi) is 4.10. The van der Waals surface area contributed by atoms with Gasteiger partial charge in [-0.25, -0.2) is 4.79 Å². The van der Waals surface area contributed by atoms with Crippen LogP contribution in [-0.4, -0.2) is 73.7 Å². The van der Waals surface area contributed by atoms with Crippen molar-refractivity contribution in [3.05, 3.63) is 0 Å². The fourth-order valence-electron chi connectivity index (χ4n) is 2.98. The lowest BCUT2D eigenvalue weighted by Crippen LogP contribution is -2.60. The van der Waals surface area contributed by atoms with Gasteiger partial charge in [0.25, 0.3) is 0 Å². The number of nitrogens with zero attached hydrogens (tertiary/aromatic N) is 2. The Morgan fingerprint density at radius 3 is 2.47 bits per heavy atom. The highest BCUT2D eigenvalue weighted by atomic mass is 16.6. The SMILES string of the molecule is COC(=O)C1CN(C)CC2(CCN(C(C)=O)CC2)O1. The zero-order chi connectivity index (χ0) is 14.0. The van der Waals surface area contributed by atoms with Crippen LogP contribution in [0, 0.1) is 0 Å². The Labute approximate surface area is 113 Å². The van der Waals surface area contributed by atoms with Crippen LogP contribution in [0.15, 0.2) is 0 Å². The Hall–Kier alpha value is -1.14. The van der Waals surface area contributed by atoms with Gasteiger partial charge in [0.2, 0.25) is 5.91 Å². The molecule has 2 heterocycles. The van der Waals surface area contributed by atoms with Gasteiger partial charge < -0.3 is 19.3 Å². The van der Waals surface area contributed by atoms with Crippen LogP contribution in [0.5, 0.6) is 0 Å². The molecule has 1 amide bonds. The summed E-state index contributed by atoms with van der Waals surface area (Å²) in [6, 6.07) is 0. The van der Waals surface area contributed by atoms with Crippen LogP contribution in [0.1, 0.15) is 19.8 Å². The maximum atomic E-state index is 11.7. The molecule has 0 aliphatic carbocycles. The third-order valence-electron chi connectivity index (χ3n) is 4.01. The Morgan fingerprint density at radius 2 is 1.95 bits per heavy atom. The smallest absolute Gasteiger partial charge is 0.336 e. The molecule has 0 N–H and O–H groups in total. The fraction of sp³-hybridized carbons (Fsp3) is 0.846. The first kappa shape index (κ1) is 14.3. The molecule has 1 spiro atoms. The summed E-state index contributed by atoms with van der Waals surface area (Å²) < 4.78 is 10.8. The molecule has 6 nitrogen and oxygen atoms in total. The Bertz CT molecular complexity index is 364. The van der Waals surface area contributed by atoms with Gasteiger partial charge in [0.15, 0.2) is 6.10 Å². The Balaban J connectivity index is 2.03. The van der Waals surface area contributed by atoms with Crippen LogP contribution in [0.25, 0.3) is 0 Å². The van der Waals surface area contributed by atoms with E-state index in [0.29, 0.717) is 19.6 Å². The van der Waals surface area contributed by atoms with Gasteiger partial charge in [-0.05, 0) is 19.9 Å². The number of esters is 1. The highest BCUT2D eigenvalue weighted by Crippen LogP contribution is 2.32. The van der Waals surface area contributed by atoms with Gasteiger partial charge in [0.1, 0.15) is 0 Å². The second-order valence-corrected chi connectivity index (χ2v) is 5.52. The average molecular weight is 270 g/mol. The zero-order valence-electron chi connectivity index (χ0n) is 11.8. The Morgan fingerprint density at radius 1 is 1.32 bits per heavy atom. The first-order valence-electron chi connectivity index (χ1n) is 6.65. The maximum Gasteiger partial charge on any atom is 0.336 e. The summed E-state index contributed by atoms with van der Waals surface area (Å²) >= 11 is 0. The van der Waals surface area contributed by atoms with Crippen LogP contribution in [-0.2, 0) is 19.1 Å². The molecule has 19 heavy (non-hydrogen) atoms. The van der Waals surface area contributed by atoms with E-state index >= 15 is 0 Å². The summed E-state index contributed by atoms with van der Waals surface area (Å²) in [5.74, 6) is -0.219. The molecule has 0 radical (unpaired) electrons. The summed E-state index contributed by atoms with van der Waals surface area (Å²) in [5.41, 5.74) is -0.322. The fourth-order valence-corrected chi connectivity index (χ4v) is 2.98. The van der Waals surface area contributed by atoms with E-state index in [0.717, 1.165) is 19.4 Å². The number of rotatable bonds is 1. The lowest BCUT2D eigenvalue weighted by atomic mass is 9.88. The lowest BCUT2D eigenvalue weighted by Gasteiger charge is -2.48. The standard InChI is InChI=1S/C13H22N2O4/c1-10(16)15-6-4-13(5-7-15)9-14(2)8-11(19-13)12(17)18-3/h11H,4-9H2,1-3H3. The molecule has 2 fully saturated rings. The van der Waals surface area contributed by atoms with Crippen LogP contribution < -0.4 is 0 Å². The van der Waals surface area contributed by atoms with E-state index in [2.05, 4.69) is 4.90 Å². The zero-order valence-corrected chi connectivity index (χ0v) is 11.8. The van der Waals surface area contributed by atoms with E-state index in [1.165, 1.54) is 7.11 Å². The number of morpholine rings is 1. The topological polar surface area (TPSA) is 59.1 Å². The summed E-state index contributed by atoms with van der Waals surface area (Å²) in [5, 5.41) is 0. The van der Waals surface area contributed by atoms with Gasteiger partial charge in [-0.1, -0.05) is 0 Å². The van der Waals surface area contributed by atoms with Gasteiger partial charge in [0.05, 0.1) is 12.7 Å². The number of piperidine rings is 1. The molecule has 2 aliphatic rings. The van der Waals surface area contributed by atoms with Gasteiger partial charge in [-0.2, -0.15) is 0 Å². The number of methoxy groups -OCH3 is 1. The number of likely N-dealkylation sites (tertiary alicyclic amines) is 1. The van der Waals surface area contributed by atoms with E-state index < -0.39 is 6.10 Å². The maximum absolute atomic E-state index is 11.7. The third-order valence-corrected chi connectivity index (χ3v) is 4.01. The summed E-state index contributed by atoms with van der Waals surface area (Å²) in [6.07, 6.45) is 1.02. The molecule has 0 aromatic heterocycles. The molecule has 1 unspecified atom stereocenters. The predicted molar refractivity (Wildman–Crippen MR) is 68.6 cm³/mol. The van der Waals surface area contributed by atoms with Crippen molar-refractivity contribution in [3.8, 4) is 0 Å². The van der Waals surface area contributed by atoms with E-state index in [1.807, 2.05) is 11.9 Å². The predicted octanol–water partition coefficient (Wildman–Crippen LogP) is -0.129. The van der Waals surface area contributed by atoms with Gasteiger partial charge >= 0.3 is 5.97 Å². The van der Waals surface area contributed by atoms with Crippen molar-refractivity contribution in [3.63, 3.8) is 0 Å². The summed E-state index contributed by atoms with van der Waals surface area (Å²) in [6.45, 7) is 4.33. The van der Waals surface area contributed by atoms with Crippen molar-refractivity contribution in [2.75, 3.05) is 40.3 Å². The highest BCUT2D eigenvalue weighted by molar-refractivity contribution is 5.75. The van der Waals surface area contributed by atoms with E-state index in [4.69, 9.17) is 9.47 Å². The number of ether oxygens (including phenoxy) is 2. The number of carbonyl (C=O) groups excluding carboxylic acids is 2. The van der Waals surface area contributed by atoms with Crippen molar-refractivity contribution in [1.29, 1.82) is 0 Å². The van der Waals surface area contributed by atoms with Crippen LogP contribution in [0.2, 0.25) is 0 Å². The molecule has 6 heteroatoms. The van der Waals surface area contributed by atoms with Crippen LogP contribution in [0.3, 0.4) is 0 Å². The van der Waals surface area contributed by atoms with E-state index in [1.54, 1.807) is 6.92 Å². The second-order valence-electron chi connectivity index (χ2n) is 5.52. The van der Waals surface area contributed by atoms with Gasteiger partial charge in [0, 0.05) is 33.1 Å². The molecule has 0 saturated carbocycles. The first-order chi connectivity index (χ1) is 8.96. The van der Waals surface area contributed by atoms with Crippen molar-refractivity contribution < 1.29 is 19.1 Å². The molecule has 0 aromatic rings. The van der Waals surface area contributed by atoms with E-state index in [-0.39, 0.29) is 17.5 Å². The quantitative estimate of drug-likeness (QED) is 0.621. The molecule has 108 valence electrons. The number of likely N-dealkylation sites (N-methyl/N-ethyl adjacent to an activating group) is 1. The minimum atomic E-state index is -0.521. The number of hydrogen-bond acceptors (Lipinski definition) is 5. The first-order valence-corrected chi connectivity index (χ1v) is 6.65. The van der Waals surface area contributed by atoms with Crippen molar-refractivity contribution in [2.45, 2.75) is 31.5 Å². The molecule has 0 bridgehead atoms. The van der Waals surface area contributed by atoms with Crippen molar-refractivity contribution >= 4 is 11.9 Å². The molecular weight excluding hydrogens is 248 g/mol. The van der Waals surface area contributed by atoms with Crippen molar-refractivity contribution in [1.82, 2.24) is 9.80 Å². The number of amides is 1. The molecular formula is C13H22N2O4. The number of carbonyl (C=O) groups is 2. The summed E-state index contributed by atoms with van der Waals surface area (Å²) in [4.78, 5) is 27.0. The van der Waals surface area contributed by atoms with Crippen LogP contribution >= 0.6 is 0 Å². The highest BCUT2D eigenvalue weighted by Gasteiger charge is 2.44. The minimum Gasteiger partial charge on any atom is -0.467 e. The largest absolute Gasteiger partial charge is 0.467 e. The van der Waals surface area contributed by atoms with Gasteiger partial charge in [-0.3, -0.25) is 4.79 Å². The lowest BCUT2D eigenvalue weighted by molar-refractivity contribution is -0.196. The monoisotopic (exact) mass is 270 g/mol. The minimum absolute atomic E-state index is 0.100. The number of hydrogen-bond donors (Lipinski definition) is 0. The molecule has 0 aromatic carbocycles. The third kappa shape index (κ3) is 3.06. The van der Waals surface area contributed by atoms with Crippen molar-refractivity contribution in [2.24, 2.45) is 0 Å². The normalized spacial score (nSPS) is 27.3. The van der Waals surface area contributed by atoms with E-state index in [9.17, 15) is 9.59 Å². The average Bonchev–Trinajstić information content (AvgIpc) is 2.37. The molecule has 2 rings (SSSR count). The van der Waals surface area contributed by atoms with Crippen LogP contribution in [0.4, 0.5) is 0 Å². The molecule has 2 saturated heterocycles. The second kappa shape index (κ2) is 5.46. The molecule has 2 aliphatic heterocycles.